The summed E-state index contributed by atoms with van der Waals surface area (Å²) in [4.78, 5) is 15.5. The lowest BCUT2D eigenvalue weighted by atomic mass is 9.67. The molecule has 0 aromatic carbocycles. The molecule has 0 spiro atoms. The minimum Gasteiger partial charge on any atom is -0.300 e. The van der Waals surface area contributed by atoms with Gasteiger partial charge in [-0.3, -0.25) is 4.79 Å². The molecule has 0 radical (unpaired) electrons. The predicted molar refractivity (Wildman–Crippen MR) is 57.7 cm³/mol. The quantitative estimate of drug-likeness (QED) is 0.769. The molecule has 2 rings (SSSR count). The molecule has 4 heteroatoms. The van der Waals surface area contributed by atoms with Gasteiger partial charge in [0.05, 0.1) is 16.8 Å². The molecule has 0 unspecified atom stereocenters. The van der Waals surface area contributed by atoms with Crippen LogP contribution in [-0.2, 0) is 10.2 Å². The first kappa shape index (κ1) is 10.3. The van der Waals surface area contributed by atoms with Crippen LogP contribution in [0.3, 0.4) is 0 Å². The van der Waals surface area contributed by atoms with Gasteiger partial charge >= 0.3 is 0 Å². The third-order valence-electron chi connectivity index (χ3n) is 2.72. The van der Waals surface area contributed by atoms with Gasteiger partial charge < -0.3 is 0 Å². The zero-order valence-electron chi connectivity index (χ0n) is 8.78. The first-order valence-electron chi connectivity index (χ1n) is 4.96. The van der Waals surface area contributed by atoms with Crippen LogP contribution in [0.25, 0.3) is 0 Å². The number of aromatic nitrogens is 1. The second-order valence-corrected chi connectivity index (χ2v) is 5.20. The standard InChI is InChI=1S/C11H12N2OS/c1-7(2)10-13-9(5-15-10)11(6-12)3-8(14)4-11/h5,7H,3-4H2,1-2H3. The van der Waals surface area contributed by atoms with Crippen LogP contribution in [0.1, 0.15) is 43.3 Å². The molecule has 1 aliphatic carbocycles. The van der Waals surface area contributed by atoms with Crippen LogP contribution in [0.4, 0.5) is 0 Å². The number of hydrogen-bond donors (Lipinski definition) is 0. The number of thiazole rings is 1. The fraction of sp³-hybridized carbons (Fsp3) is 0.545. The van der Waals surface area contributed by atoms with Crippen LogP contribution in [0, 0.1) is 11.3 Å². The second-order valence-electron chi connectivity index (χ2n) is 4.31. The van der Waals surface area contributed by atoms with Crippen molar-refractivity contribution in [1.29, 1.82) is 5.26 Å². The van der Waals surface area contributed by atoms with Crippen LogP contribution in [-0.4, -0.2) is 10.8 Å². The van der Waals surface area contributed by atoms with Crippen LogP contribution in [0.15, 0.2) is 5.38 Å². The van der Waals surface area contributed by atoms with E-state index in [0.29, 0.717) is 18.8 Å². The van der Waals surface area contributed by atoms with Gasteiger partial charge in [-0.15, -0.1) is 11.3 Å². The van der Waals surface area contributed by atoms with Crippen LogP contribution < -0.4 is 0 Å². The third-order valence-corrected chi connectivity index (χ3v) is 3.86. The molecule has 3 nitrogen and oxygen atoms in total. The maximum atomic E-state index is 11.0. The Morgan fingerprint density at radius 3 is 2.67 bits per heavy atom. The summed E-state index contributed by atoms with van der Waals surface area (Å²) >= 11 is 1.58. The molecule has 0 amide bonds. The van der Waals surface area contributed by atoms with E-state index >= 15 is 0 Å². The van der Waals surface area contributed by atoms with Crippen molar-refractivity contribution < 1.29 is 4.79 Å². The Bertz CT molecular complexity index is 434. The highest BCUT2D eigenvalue weighted by atomic mass is 32.1. The average molecular weight is 220 g/mol. The van der Waals surface area contributed by atoms with Gasteiger partial charge in [-0.1, -0.05) is 13.8 Å². The zero-order valence-corrected chi connectivity index (χ0v) is 9.60. The SMILES string of the molecule is CC(C)c1nc(C2(C#N)CC(=O)C2)cs1. The lowest BCUT2D eigenvalue weighted by molar-refractivity contribution is -0.126. The van der Waals surface area contributed by atoms with Crippen molar-refractivity contribution in [3.63, 3.8) is 0 Å². The fourth-order valence-electron chi connectivity index (χ4n) is 1.71. The third kappa shape index (κ3) is 1.57. The highest BCUT2D eigenvalue weighted by Gasteiger charge is 2.47. The number of nitriles is 1. The molecule has 1 aliphatic rings. The monoisotopic (exact) mass is 220 g/mol. The minimum absolute atomic E-state index is 0.163. The van der Waals surface area contributed by atoms with E-state index in [2.05, 4.69) is 24.9 Å². The van der Waals surface area contributed by atoms with Gasteiger partial charge in [-0.2, -0.15) is 5.26 Å². The minimum atomic E-state index is -0.610. The number of ketones is 1. The highest BCUT2D eigenvalue weighted by molar-refractivity contribution is 7.09. The van der Waals surface area contributed by atoms with Crippen LogP contribution >= 0.6 is 11.3 Å². The van der Waals surface area contributed by atoms with E-state index in [1.54, 1.807) is 11.3 Å². The Hall–Kier alpha value is -1.21. The Labute approximate surface area is 92.8 Å². The molecule has 1 fully saturated rings. The largest absolute Gasteiger partial charge is 0.300 e. The molecule has 1 heterocycles. The number of Topliss-reactive ketones (excluding diaryl/α,β-unsaturated/α-hetero) is 1. The van der Waals surface area contributed by atoms with E-state index in [-0.39, 0.29) is 5.78 Å². The number of carbonyl (C=O) groups is 1. The maximum absolute atomic E-state index is 11.0. The summed E-state index contributed by atoms with van der Waals surface area (Å²) in [6.45, 7) is 4.15. The average Bonchev–Trinajstić information content (AvgIpc) is 2.61. The van der Waals surface area contributed by atoms with Crippen LogP contribution in [0.5, 0.6) is 0 Å². The van der Waals surface area contributed by atoms with E-state index in [1.807, 2.05) is 5.38 Å². The first-order chi connectivity index (χ1) is 7.07. The number of carbonyl (C=O) groups excluding carboxylic acids is 1. The van der Waals surface area contributed by atoms with Crippen molar-refractivity contribution in [2.24, 2.45) is 0 Å². The molecule has 0 aliphatic heterocycles. The van der Waals surface area contributed by atoms with Gasteiger partial charge in [-0.25, -0.2) is 4.98 Å². The topological polar surface area (TPSA) is 53.8 Å². The number of nitrogens with zero attached hydrogens (tertiary/aromatic N) is 2. The summed E-state index contributed by atoms with van der Waals surface area (Å²) in [6.07, 6.45) is 0.676. The summed E-state index contributed by atoms with van der Waals surface area (Å²) in [5, 5.41) is 12.1. The Balaban J connectivity index is 2.30. The molecular formula is C11H12N2OS. The van der Waals surface area contributed by atoms with Gasteiger partial charge in [-0.05, 0) is 0 Å². The summed E-state index contributed by atoms with van der Waals surface area (Å²) in [5.74, 6) is 0.547. The Morgan fingerprint density at radius 2 is 2.27 bits per heavy atom. The molecule has 78 valence electrons. The summed E-state index contributed by atoms with van der Waals surface area (Å²) < 4.78 is 0. The molecule has 15 heavy (non-hydrogen) atoms. The van der Waals surface area contributed by atoms with Crippen LogP contribution in [0.2, 0.25) is 0 Å². The van der Waals surface area contributed by atoms with E-state index in [1.165, 1.54) is 0 Å². The highest BCUT2D eigenvalue weighted by Crippen LogP contribution is 2.41. The fourth-order valence-corrected chi connectivity index (χ4v) is 2.65. The van der Waals surface area contributed by atoms with Gasteiger partial charge in [0.2, 0.25) is 0 Å². The molecule has 0 bridgehead atoms. The molecule has 1 aromatic heterocycles. The van der Waals surface area contributed by atoms with Gasteiger partial charge in [0.15, 0.2) is 0 Å². The molecule has 1 aromatic rings. The van der Waals surface area contributed by atoms with Gasteiger partial charge in [0, 0.05) is 24.1 Å². The lowest BCUT2D eigenvalue weighted by Crippen LogP contribution is -2.40. The Kier molecular flexibility index (Phi) is 2.35. The summed E-state index contributed by atoms with van der Waals surface area (Å²) in [5.41, 5.74) is 0.180. The van der Waals surface area contributed by atoms with Crippen molar-refractivity contribution in [3.05, 3.63) is 16.1 Å². The Morgan fingerprint density at radius 1 is 1.60 bits per heavy atom. The number of rotatable bonds is 2. The van der Waals surface area contributed by atoms with Crippen molar-refractivity contribution in [2.75, 3.05) is 0 Å². The summed E-state index contributed by atoms with van der Waals surface area (Å²) in [7, 11) is 0. The molecule has 0 saturated heterocycles. The normalized spacial score (nSPS) is 18.7. The number of hydrogen-bond acceptors (Lipinski definition) is 4. The van der Waals surface area contributed by atoms with E-state index in [0.717, 1.165) is 10.7 Å². The second kappa shape index (κ2) is 3.42. The molecular weight excluding hydrogens is 208 g/mol. The smallest absolute Gasteiger partial charge is 0.136 e. The van der Waals surface area contributed by atoms with Crippen molar-refractivity contribution in [1.82, 2.24) is 4.98 Å². The van der Waals surface area contributed by atoms with E-state index in [9.17, 15) is 4.79 Å². The molecule has 1 saturated carbocycles. The van der Waals surface area contributed by atoms with E-state index in [4.69, 9.17) is 5.26 Å². The summed E-state index contributed by atoms with van der Waals surface area (Å²) in [6, 6.07) is 2.24. The lowest BCUT2D eigenvalue weighted by Gasteiger charge is -2.31. The first-order valence-corrected chi connectivity index (χ1v) is 5.84. The predicted octanol–water partition coefficient (Wildman–Crippen LogP) is 2.39. The van der Waals surface area contributed by atoms with Gasteiger partial charge in [0.1, 0.15) is 11.2 Å². The van der Waals surface area contributed by atoms with Crippen molar-refractivity contribution in [3.8, 4) is 6.07 Å². The maximum Gasteiger partial charge on any atom is 0.136 e. The zero-order chi connectivity index (χ0) is 11.1. The van der Waals surface area contributed by atoms with Gasteiger partial charge in [0.25, 0.3) is 0 Å². The van der Waals surface area contributed by atoms with Crippen molar-refractivity contribution >= 4 is 17.1 Å². The molecule has 0 N–H and O–H groups in total. The molecule has 0 atom stereocenters. The van der Waals surface area contributed by atoms with E-state index < -0.39 is 5.41 Å². The van der Waals surface area contributed by atoms with Crippen molar-refractivity contribution in [2.45, 2.75) is 38.0 Å².